The Morgan fingerprint density at radius 3 is 2.94 bits per heavy atom. The number of rotatable bonds is 3. The molecule has 17 heavy (non-hydrogen) atoms. The number of fused-ring (bicyclic) bond motifs is 1. The lowest BCUT2D eigenvalue weighted by Gasteiger charge is -2.20. The minimum Gasteiger partial charge on any atom is -0.488 e. The van der Waals surface area contributed by atoms with Gasteiger partial charge in [0.15, 0.2) is 0 Å². The summed E-state index contributed by atoms with van der Waals surface area (Å²) < 4.78 is 5.94. The Hall–Kier alpha value is -1.02. The third-order valence-electron chi connectivity index (χ3n) is 4.18. The van der Waals surface area contributed by atoms with Crippen LogP contribution in [0.4, 0.5) is 0 Å². The first-order valence-electron chi connectivity index (χ1n) is 6.81. The largest absolute Gasteiger partial charge is 0.488 e. The van der Waals surface area contributed by atoms with Crippen molar-refractivity contribution < 1.29 is 4.74 Å². The third kappa shape index (κ3) is 2.32. The van der Waals surface area contributed by atoms with E-state index in [2.05, 4.69) is 30.4 Å². The summed E-state index contributed by atoms with van der Waals surface area (Å²) in [4.78, 5) is 0. The summed E-state index contributed by atoms with van der Waals surface area (Å²) >= 11 is 0. The van der Waals surface area contributed by atoms with Gasteiger partial charge in [-0.15, -0.1) is 0 Å². The fourth-order valence-electron chi connectivity index (χ4n) is 3.10. The number of benzene rings is 1. The Morgan fingerprint density at radius 2 is 2.18 bits per heavy atom. The zero-order valence-electron chi connectivity index (χ0n) is 10.5. The first kappa shape index (κ1) is 11.1. The Labute approximate surface area is 103 Å². The molecule has 0 radical (unpaired) electrons. The van der Waals surface area contributed by atoms with Crippen LogP contribution >= 0.6 is 0 Å². The average Bonchev–Trinajstić information content (AvgIpc) is 2.92. The van der Waals surface area contributed by atoms with Crippen molar-refractivity contribution in [3.63, 3.8) is 0 Å². The smallest absolute Gasteiger partial charge is 0.123 e. The summed E-state index contributed by atoms with van der Waals surface area (Å²) in [5.41, 5.74) is 1.36. The number of ether oxygens (including phenoxy) is 1. The van der Waals surface area contributed by atoms with Crippen molar-refractivity contribution in [2.45, 2.75) is 44.8 Å². The lowest BCUT2D eigenvalue weighted by Crippen LogP contribution is -2.38. The molecule has 3 rings (SSSR count). The van der Waals surface area contributed by atoms with E-state index >= 15 is 0 Å². The standard InChI is InChI=1S/C15H21NO/c1-11-5-4-7-14(11)16-10-13-9-12-6-2-3-8-15(12)17-13/h2-3,6,8,11,13-14,16H,4-5,7,9-10H2,1H3. The number of hydrogen-bond donors (Lipinski definition) is 1. The molecule has 1 fully saturated rings. The molecular weight excluding hydrogens is 210 g/mol. The quantitative estimate of drug-likeness (QED) is 0.863. The molecule has 1 aliphatic heterocycles. The van der Waals surface area contributed by atoms with Gasteiger partial charge in [0.1, 0.15) is 11.9 Å². The van der Waals surface area contributed by atoms with Crippen LogP contribution in [0.2, 0.25) is 0 Å². The molecule has 1 N–H and O–H groups in total. The summed E-state index contributed by atoms with van der Waals surface area (Å²) in [6, 6.07) is 9.11. The Kier molecular flexibility index (Phi) is 3.06. The van der Waals surface area contributed by atoms with E-state index in [1.54, 1.807) is 0 Å². The van der Waals surface area contributed by atoms with Crippen molar-refractivity contribution >= 4 is 0 Å². The topological polar surface area (TPSA) is 21.3 Å². The third-order valence-corrected chi connectivity index (χ3v) is 4.18. The molecule has 1 heterocycles. The van der Waals surface area contributed by atoms with Gasteiger partial charge in [-0.3, -0.25) is 0 Å². The van der Waals surface area contributed by atoms with E-state index < -0.39 is 0 Å². The molecule has 1 aliphatic carbocycles. The molecule has 0 saturated heterocycles. The fourth-order valence-corrected chi connectivity index (χ4v) is 3.10. The molecule has 2 heteroatoms. The van der Waals surface area contributed by atoms with Gasteiger partial charge < -0.3 is 10.1 Å². The van der Waals surface area contributed by atoms with Gasteiger partial charge in [-0.1, -0.05) is 31.5 Å². The summed E-state index contributed by atoms with van der Waals surface area (Å²) in [6.45, 7) is 3.35. The van der Waals surface area contributed by atoms with Gasteiger partial charge in [0.25, 0.3) is 0 Å². The second kappa shape index (κ2) is 4.69. The molecule has 1 aromatic rings. The maximum atomic E-state index is 5.94. The van der Waals surface area contributed by atoms with Gasteiger partial charge in [0.2, 0.25) is 0 Å². The monoisotopic (exact) mass is 231 g/mol. The van der Waals surface area contributed by atoms with Crippen molar-refractivity contribution in [3.05, 3.63) is 29.8 Å². The highest BCUT2D eigenvalue weighted by molar-refractivity contribution is 5.37. The zero-order chi connectivity index (χ0) is 11.7. The van der Waals surface area contributed by atoms with E-state index in [0.717, 1.165) is 24.6 Å². The van der Waals surface area contributed by atoms with Crippen LogP contribution in [0.1, 0.15) is 31.7 Å². The van der Waals surface area contributed by atoms with Crippen LogP contribution < -0.4 is 10.1 Å². The van der Waals surface area contributed by atoms with Crippen LogP contribution in [0.25, 0.3) is 0 Å². The lowest BCUT2D eigenvalue weighted by atomic mass is 10.1. The zero-order valence-corrected chi connectivity index (χ0v) is 10.5. The normalized spacial score (nSPS) is 31.2. The molecule has 2 aliphatic rings. The van der Waals surface area contributed by atoms with Crippen LogP contribution in [0.15, 0.2) is 24.3 Å². The van der Waals surface area contributed by atoms with Crippen LogP contribution in [0.3, 0.4) is 0 Å². The van der Waals surface area contributed by atoms with E-state index in [1.807, 2.05) is 6.07 Å². The molecule has 3 atom stereocenters. The molecule has 2 nitrogen and oxygen atoms in total. The summed E-state index contributed by atoms with van der Waals surface area (Å²) in [5, 5.41) is 3.68. The first-order valence-corrected chi connectivity index (χ1v) is 6.81. The molecule has 3 unspecified atom stereocenters. The molecular formula is C15H21NO. The minimum atomic E-state index is 0.334. The average molecular weight is 231 g/mol. The highest BCUT2D eigenvalue weighted by Gasteiger charge is 2.26. The summed E-state index contributed by atoms with van der Waals surface area (Å²) in [6.07, 6.45) is 5.49. The maximum Gasteiger partial charge on any atom is 0.123 e. The second-order valence-electron chi connectivity index (χ2n) is 5.47. The van der Waals surface area contributed by atoms with Crippen molar-refractivity contribution in [1.82, 2.24) is 5.32 Å². The molecule has 0 aromatic heterocycles. The van der Waals surface area contributed by atoms with Gasteiger partial charge >= 0.3 is 0 Å². The molecule has 1 aromatic carbocycles. The minimum absolute atomic E-state index is 0.334. The van der Waals surface area contributed by atoms with Crippen LogP contribution in [-0.4, -0.2) is 18.7 Å². The lowest BCUT2D eigenvalue weighted by molar-refractivity contribution is 0.217. The predicted octanol–water partition coefficient (Wildman–Crippen LogP) is 2.77. The summed E-state index contributed by atoms with van der Waals surface area (Å²) in [7, 11) is 0. The van der Waals surface area contributed by atoms with Crippen LogP contribution in [0.5, 0.6) is 5.75 Å². The van der Waals surface area contributed by atoms with E-state index in [-0.39, 0.29) is 0 Å². The number of para-hydroxylation sites is 1. The van der Waals surface area contributed by atoms with Crippen LogP contribution in [0, 0.1) is 5.92 Å². The Morgan fingerprint density at radius 1 is 1.29 bits per heavy atom. The van der Waals surface area contributed by atoms with Gasteiger partial charge in [-0.05, 0) is 30.4 Å². The van der Waals surface area contributed by atoms with E-state index in [1.165, 1.54) is 24.8 Å². The highest BCUT2D eigenvalue weighted by Crippen LogP contribution is 2.29. The van der Waals surface area contributed by atoms with Crippen LogP contribution in [-0.2, 0) is 6.42 Å². The maximum absolute atomic E-state index is 5.94. The Bertz CT molecular complexity index is 365. The second-order valence-corrected chi connectivity index (χ2v) is 5.47. The van der Waals surface area contributed by atoms with Gasteiger partial charge in [-0.25, -0.2) is 0 Å². The Balaban J connectivity index is 1.52. The molecule has 1 saturated carbocycles. The first-order chi connectivity index (χ1) is 8.33. The van der Waals surface area contributed by atoms with E-state index in [0.29, 0.717) is 12.1 Å². The van der Waals surface area contributed by atoms with E-state index in [4.69, 9.17) is 4.74 Å². The van der Waals surface area contributed by atoms with Gasteiger partial charge in [0, 0.05) is 19.0 Å². The predicted molar refractivity (Wildman–Crippen MR) is 69.4 cm³/mol. The molecule has 0 bridgehead atoms. The van der Waals surface area contributed by atoms with Crippen molar-refractivity contribution in [1.29, 1.82) is 0 Å². The summed E-state index contributed by atoms with van der Waals surface area (Å²) in [5.74, 6) is 1.91. The fraction of sp³-hybridized carbons (Fsp3) is 0.600. The van der Waals surface area contributed by atoms with Crippen molar-refractivity contribution in [2.24, 2.45) is 5.92 Å². The number of hydrogen-bond acceptors (Lipinski definition) is 2. The van der Waals surface area contributed by atoms with Gasteiger partial charge in [0.05, 0.1) is 0 Å². The van der Waals surface area contributed by atoms with E-state index in [9.17, 15) is 0 Å². The number of nitrogens with one attached hydrogen (secondary N) is 1. The van der Waals surface area contributed by atoms with Crippen molar-refractivity contribution in [3.8, 4) is 5.75 Å². The van der Waals surface area contributed by atoms with Crippen molar-refractivity contribution in [2.75, 3.05) is 6.54 Å². The molecule has 92 valence electrons. The molecule has 0 amide bonds. The SMILES string of the molecule is CC1CCCC1NCC1Cc2ccccc2O1. The van der Waals surface area contributed by atoms with Gasteiger partial charge in [-0.2, -0.15) is 0 Å². The molecule has 0 spiro atoms. The highest BCUT2D eigenvalue weighted by atomic mass is 16.5.